The molecule has 0 N–H and O–H groups in total. The van der Waals surface area contributed by atoms with E-state index in [4.69, 9.17) is 0 Å². The van der Waals surface area contributed by atoms with Crippen LogP contribution in [0.3, 0.4) is 0 Å². The summed E-state index contributed by atoms with van der Waals surface area (Å²) in [5.74, 6) is 2.78. The van der Waals surface area contributed by atoms with Crippen LogP contribution >= 0.6 is 11.8 Å². The molecule has 0 aromatic heterocycles. The molecule has 0 bridgehead atoms. The summed E-state index contributed by atoms with van der Waals surface area (Å²) in [6, 6.07) is 1.89. The molecule has 1 heterocycles. The first-order valence-corrected chi connectivity index (χ1v) is 7.05. The largest absolute Gasteiger partial charge is 0.296 e. The van der Waals surface area contributed by atoms with E-state index in [2.05, 4.69) is 37.4 Å². The fourth-order valence-electron chi connectivity index (χ4n) is 1.95. The quantitative estimate of drug-likeness (QED) is 0.706. The maximum Gasteiger partial charge on any atom is 0.0279 e. The summed E-state index contributed by atoms with van der Waals surface area (Å²) in [4.78, 5) is 2.79. The number of hydrogen-bond donors (Lipinski definition) is 0. The van der Waals surface area contributed by atoms with Gasteiger partial charge in [0.1, 0.15) is 0 Å². The lowest BCUT2D eigenvalue weighted by molar-refractivity contribution is 0.179. The van der Waals surface area contributed by atoms with Crippen LogP contribution < -0.4 is 0 Å². The Hall–Kier alpha value is 0.310. The van der Waals surface area contributed by atoms with E-state index in [9.17, 15) is 0 Å². The molecule has 1 aliphatic heterocycles. The summed E-state index contributed by atoms with van der Waals surface area (Å²) in [6.45, 7) is 8.40. The van der Waals surface area contributed by atoms with Gasteiger partial charge in [0.15, 0.2) is 0 Å². The molecule has 2 rings (SSSR count). The highest BCUT2D eigenvalue weighted by atomic mass is 32.2. The Kier molecular flexibility index (Phi) is 3.13. The van der Waals surface area contributed by atoms with Crippen molar-refractivity contribution >= 4 is 11.8 Å². The van der Waals surface area contributed by atoms with Gasteiger partial charge in [-0.05, 0) is 31.2 Å². The molecule has 1 saturated heterocycles. The molecule has 1 aliphatic carbocycles. The zero-order valence-corrected chi connectivity index (χ0v) is 10.6. The predicted molar refractivity (Wildman–Crippen MR) is 64.9 cm³/mol. The number of thioether (sulfide) groups is 1. The molecule has 0 aromatic carbocycles. The van der Waals surface area contributed by atoms with Crippen molar-refractivity contribution in [2.75, 3.05) is 18.1 Å². The summed E-state index contributed by atoms with van der Waals surface area (Å²) >= 11 is 2.11. The lowest BCUT2D eigenvalue weighted by Gasteiger charge is -2.38. The van der Waals surface area contributed by atoms with Crippen molar-refractivity contribution in [3.63, 3.8) is 0 Å². The van der Waals surface area contributed by atoms with Crippen LogP contribution in [0.4, 0.5) is 0 Å². The maximum absolute atomic E-state index is 2.79. The van der Waals surface area contributed by atoms with E-state index in [-0.39, 0.29) is 0 Å². The van der Waals surface area contributed by atoms with Gasteiger partial charge in [0, 0.05) is 23.6 Å². The Bertz CT molecular complexity index is 189. The second-order valence-electron chi connectivity index (χ2n) is 5.97. The topological polar surface area (TPSA) is 3.24 Å². The van der Waals surface area contributed by atoms with E-state index in [1.807, 2.05) is 0 Å². The van der Waals surface area contributed by atoms with Gasteiger partial charge in [0.25, 0.3) is 0 Å². The van der Waals surface area contributed by atoms with Crippen LogP contribution in [-0.4, -0.2) is 35.0 Å². The third kappa shape index (κ3) is 2.90. The van der Waals surface area contributed by atoms with Crippen molar-refractivity contribution in [2.45, 2.75) is 52.1 Å². The highest BCUT2D eigenvalue weighted by molar-refractivity contribution is 8.00. The van der Waals surface area contributed by atoms with E-state index < -0.39 is 0 Å². The van der Waals surface area contributed by atoms with Crippen molar-refractivity contribution in [2.24, 2.45) is 5.41 Å². The fourth-order valence-corrected chi connectivity index (χ4v) is 2.78. The predicted octanol–water partition coefficient (Wildman–Crippen LogP) is 3.00. The molecular weight excluding hydrogens is 190 g/mol. The van der Waals surface area contributed by atoms with E-state index >= 15 is 0 Å². The molecule has 0 unspecified atom stereocenters. The first-order valence-electron chi connectivity index (χ1n) is 5.90. The van der Waals surface area contributed by atoms with Gasteiger partial charge < -0.3 is 0 Å². The second kappa shape index (κ2) is 4.05. The summed E-state index contributed by atoms with van der Waals surface area (Å²) in [7, 11) is 0. The highest BCUT2D eigenvalue weighted by Gasteiger charge is 2.36. The minimum Gasteiger partial charge on any atom is -0.296 e. The number of nitrogens with zero attached hydrogens (tertiary/aromatic N) is 1. The van der Waals surface area contributed by atoms with Gasteiger partial charge in [0.2, 0.25) is 0 Å². The average molecular weight is 213 g/mol. The van der Waals surface area contributed by atoms with E-state index in [1.54, 1.807) is 0 Å². The molecule has 2 heteroatoms. The number of hydrogen-bond acceptors (Lipinski definition) is 2. The van der Waals surface area contributed by atoms with Crippen LogP contribution in [0.15, 0.2) is 0 Å². The Labute approximate surface area is 92.6 Å². The molecule has 0 spiro atoms. The molecule has 0 atom stereocenters. The molecule has 14 heavy (non-hydrogen) atoms. The smallest absolute Gasteiger partial charge is 0.0279 e. The Balaban J connectivity index is 1.78. The third-order valence-electron chi connectivity index (χ3n) is 3.23. The SMILES string of the molecule is CC(C)(C)CCN(C1CC1)C1CSC1. The zero-order chi connectivity index (χ0) is 10.2. The standard InChI is InChI=1S/C12H23NS/c1-12(2,3)6-7-13(10-4-5-10)11-8-14-9-11/h10-11H,4-9H2,1-3H3. The van der Waals surface area contributed by atoms with Crippen LogP contribution in [-0.2, 0) is 0 Å². The third-order valence-corrected chi connectivity index (χ3v) is 4.47. The molecule has 2 fully saturated rings. The van der Waals surface area contributed by atoms with Crippen LogP contribution in [0.1, 0.15) is 40.0 Å². The first-order chi connectivity index (χ1) is 6.56. The summed E-state index contributed by atoms with van der Waals surface area (Å²) in [6.07, 6.45) is 4.28. The molecule has 0 amide bonds. The molecule has 0 aromatic rings. The van der Waals surface area contributed by atoms with Crippen LogP contribution in [0.25, 0.3) is 0 Å². The highest BCUT2D eigenvalue weighted by Crippen LogP contribution is 2.35. The van der Waals surface area contributed by atoms with Gasteiger partial charge in [0.05, 0.1) is 0 Å². The van der Waals surface area contributed by atoms with E-state index in [0.717, 1.165) is 12.1 Å². The van der Waals surface area contributed by atoms with E-state index in [0.29, 0.717) is 5.41 Å². The molecule has 1 nitrogen and oxygen atoms in total. The monoisotopic (exact) mass is 213 g/mol. The maximum atomic E-state index is 2.79. The summed E-state index contributed by atoms with van der Waals surface area (Å²) in [5, 5.41) is 0. The summed E-state index contributed by atoms with van der Waals surface area (Å²) in [5.41, 5.74) is 0.504. The van der Waals surface area contributed by atoms with Gasteiger partial charge in [-0.25, -0.2) is 0 Å². The van der Waals surface area contributed by atoms with Crippen molar-refractivity contribution in [1.29, 1.82) is 0 Å². The van der Waals surface area contributed by atoms with Crippen LogP contribution in [0, 0.1) is 5.41 Å². The van der Waals surface area contributed by atoms with Crippen molar-refractivity contribution in [3.05, 3.63) is 0 Å². The fraction of sp³-hybridized carbons (Fsp3) is 1.00. The minimum absolute atomic E-state index is 0.504. The Morgan fingerprint density at radius 3 is 2.14 bits per heavy atom. The molecule has 82 valence electrons. The van der Waals surface area contributed by atoms with Gasteiger partial charge in [-0.15, -0.1) is 0 Å². The van der Waals surface area contributed by atoms with Gasteiger partial charge in [-0.1, -0.05) is 20.8 Å². The Morgan fingerprint density at radius 1 is 1.14 bits per heavy atom. The number of rotatable bonds is 4. The van der Waals surface area contributed by atoms with Gasteiger partial charge >= 0.3 is 0 Å². The molecule has 1 saturated carbocycles. The molecular formula is C12H23NS. The molecule has 0 radical (unpaired) electrons. The normalized spacial score (nSPS) is 24.0. The minimum atomic E-state index is 0.504. The van der Waals surface area contributed by atoms with Crippen LogP contribution in [0.5, 0.6) is 0 Å². The Morgan fingerprint density at radius 2 is 1.79 bits per heavy atom. The first kappa shape index (κ1) is 10.8. The zero-order valence-electron chi connectivity index (χ0n) is 9.75. The van der Waals surface area contributed by atoms with E-state index in [1.165, 1.54) is 37.3 Å². The van der Waals surface area contributed by atoms with Crippen molar-refractivity contribution in [1.82, 2.24) is 4.90 Å². The van der Waals surface area contributed by atoms with Crippen LogP contribution in [0.2, 0.25) is 0 Å². The molecule has 2 aliphatic rings. The van der Waals surface area contributed by atoms with Crippen molar-refractivity contribution in [3.8, 4) is 0 Å². The average Bonchev–Trinajstić information content (AvgIpc) is 2.73. The van der Waals surface area contributed by atoms with Crippen molar-refractivity contribution < 1.29 is 0 Å². The lowest BCUT2D eigenvalue weighted by atomic mass is 9.92. The lowest BCUT2D eigenvalue weighted by Crippen LogP contribution is -2.46. The summed E-state index contributed by atoms with van der Waals surface area (Å²) < 4.78 is 0. The van der Waals surface area contributed by atoms with Gasteiger partial charge in [-0.2, -0.15) is 11.8 Å². The second-order valence-corrected chi connectivity index (χ2v) is 7.05. The van der Waals surface area contributed by atoms with Gasteiger partial charge in [-0.3, -0.25) is 4.90 Å².